The number of fused-ring (bicyclic) bond motifs is 3. The fourth-order valence-electron chi connectivity index (χ4n) is 7.14. The van der Waals surface area contributed by atoms with Gasteiger partial charge in [0.1, 0.15) is 12.1 Å². The highest BCUT2D eigenvalue weighted by Gasteiger charge is 2.49. The number of nitrogens with zero attached hydrogens (tertiary/aromatic N) is 2. The van der Waals surface area contributed by atoms with E-state index in [0.29, 0.717) is 22.0 Å². The molecular weight excluding hydrogens is 516 g/mol. The molecule has 0 N–H and O–H groups in total. The highest BCUT2D eigenvalue weighted by Crippen LogP contribution is 2.60. The normalized spacial score (nSPS) is 22.5. The van der Waals surface area contributed by atoms with Crippen LogP contribution in [-0.4, -0.2) is 0 Å². The van der Waals surface area contributed by atoms with E-state index in [2.05, 4.69) is 72.2 Å². The minimum Gasteiger partial charge on any atom is -0.192 e. The number of hydrogen-bond donors (Lipinski definition) is 0. The van der Waals surface area contributed by atoms with E-state index >= 15 is 0 Å². The Balaban J connectivity index is 1.43. The molecule has 0 radical (unpaired) electrons. The van der Waals surface area contributed by atoms with Crippen LogP contribution in [0.5, 0.6) is 0 Å². The van der Waals surface area contributed by atoms with Gasteiger partial charge in [-0.15, -0.1) is 0 Å². The minimum atomic E-state index is 0.354. The molecule has 2 aromatic carbocycles. The summed E-state index contributed by atoms with van der Waals surface area (Å²) in [5.74, 6) is 0. The first-order valence-corrected chi connectivity index (χ1v) is 15.5. The molecule has 3 fully saturated rings. The zero-order valence-electron chi connectivity index (χ0n) is 23.0. The molecule has 0 aromatic heterocycles. The Labute approximate surface area is 233 Å². The smallest absolute Gasteiger partial charge is 0.101 e. The van der Waals surface area contributed by atoms with E-state index in [1.165, 1.54) is 79.8 Å². The number of aryl methyl sites for hydroxylation is 3. The van der Waals surface area contributed by atoms with Gasteiger partial charge in [0.2, 0.25) is 0 Å². The summed E-state index contributed by atoms with van der Waals surface area (Å²) in [4.78, 5) is 0. The maximum Gasteiger partial charge on any atom is 0.101 e. The second kappa shape index (κ2) is 12.6. The van der Waals surface area contributed by atoms with Gasteiger partial charge in [-0.3, -0.25) is 0 Å². The number of halogens is 1. The van der Waals surface area contributed by atoms with E-state index in [1.54, 1.807) is 0 Å². The van der Waals surface area contributed by atoms with Gasteiger partial charge in [-0.2, -0.15) is 10.5 Å². The van der Waals surface area contributed by atoms with Crippen LogP contribution in [0, 0.1) is 28.1 Å². The van der Waals surface area contributed by atoms with Gasteiger partial charge < -0.3 is 0 Å². The van der Waals surface area contributed by atoms with Gasteiger partial charge >= 0.3 is 0 Å². The summed E-state index contributed by atoms with van der Waals surface area (Å²) in [6.45, 7) is 4.49. The van der Waals surface area contributed by atoms with Gasteiger partial charge in [0.25, 0.3) is 0 Å². The summed E-state index contributed by atoms with van der Waals surface area (Å²) in [5.41, 5.74) is 6.99. The lowest BCUT2D eigenvalue weighted by molar-refractivity contribution is 0.0302. The topological polar surface area (TPSA) is 47.6 Å². The molecule has 2 nitrogen and oxygen atoms in total. The first-order valence-electron chi connectivity index (χ1n) is 14.7. The number of nitriles is 2. The third-order valence-electron chi connectivity index (χ3n) is 9.65. The van der Waals surface area contributed by atoms with Crippen molar-refractivity contribution in [2.75, 3.05) is 0 Å². The predicted molar refractivity (Wildman–Crippen MR) is 157 cm³/mol. The highest BCUT2D eigenvalue weighted by molar-refractivity contribution is 9.10. The average Bonchev–Trinajstić information content (AvgIpc) is 2.93. The van der Waals surface area contributed by atoms with Gasteiger partial charge in [0.05, 0.1) is 11.1 Å². The molecule has 2 aromatic rings. The standard InChI is InChI=1S/C34H43BrN2/c1-3-5-7-9-27-13-14-28(30(25-37)29(27)24-36)12-10-26-11-15-31(32(35)23-26)34-20-17-33(18-21-34,19-22-34)16-8-6-4-2/h11,13-15,23H,3-10,12,16-22H2,1-2H3. The van der Waals surface area contributed by atoms with Gasteiger partial charge in [-0.25, -0.2) is 0 Å². The Morgan fingerprint density at radius 1 is 0.730 bits per heavy atom. The van der Waals surface area contributed by atoms with E-state index in [4.69, 9.17) is 0 Å². The first-order chi connectivity index (χ1) is 18.0. The Hall–Kier alpha value is -2.10. The van der Waals surface area contributed by atoms with Crippen LogP contribution in [0.2, 0.25) is 0 Å². The van der Waals surface area contributed by atoms with Crippen molar-refractivity contribution in [1.82, 2.24) is 0 Å². The number of rotatable bonds is 12. The van der Waals surface area contributed by atoms with Gasteiger partial charge in [0.15, 0.2) is 0 Å². The van der Waals surface area contributed by atoms with Crippen molar-refractivity contribution in [3.8, 4) is 12.1 Å². The maximum atomic E-state index is 9.88. The molecule has 3 heteroatoms. The molecule has 3 aliphatic carbocycles. The molecule has 3 aliphatic rings. The van der Waals surface area contributed by atoms with E-state index in [9.17, 15) is 10.5 Å². The quantitative estimate of drug-likeness (QED) is 0.243. The Morgan fingerprint density at radius 2 is 1.32 bits per heavy atom. The molecular formula is C34H43BrN2. The minimum absolute atomic E-state index is 0.354. The Kier molecular flexibility index (Phi) is 9.53. The van der Waals surface area contributed by atoms with E-state index in [0.717, 1.165) is 49.7 Å². The monoisotopic (exact) mass is 558 g/mol. The van der Waals surface area contributed by atoms with Crippen LogP contribution in [0.25, 0.3) is 0 Å². The Morgan fingerprint density at radius 3 is 1.89 bits per heavy atom. The van der Waals surface area contributed by atoms with Crippen molar-refractivity contribution in [2.24, 2.45) is 5.41 Å². The van der Waals surface area contributed by atoms with E-state index in [1.807, 2.05) is 0 Å². The van der Waals surface area contributed by atoms with Crippen molar-refractivity contribution in [3.05, 3.63) is 68.2 Å². The molecule has 0 unspecified atom stereocenters. The molecule has 0 atom stereocenters. The first kappa shape index (κ1) is 27.9. The molecule has 196 valence electrons. The van der Waals surface area contributed by atoms with E-state index < -0.39 is 0 Å². The Bertz CT molecular complexity index is 1140. The fourth-order valence-corrected chi connectivity index (χ4v) is 7.99. The molecule has 0 heterocycles. The molecule has 2 bridgehead atoms. The second-order valence-electron chi connectivity index (χ2n) is 11.9. The van der Waals surface area contributed by atoms with Gasteiger partial charge in [-0.1, -0.05) is 86.1 Å². The van der Waals surface area contributed by atoms with Gasteiger partial charge in [-0.05, 0) is 110 Å². The summed E-state index contributed by atoms with van der Waals surface area (Å²) >= 11 is 3.96. The molecule has 5 rings (SSSR count). The number of hydrogen-bond acceptors (Lipinski definition) is 2. The largest absolute Gasteiger partial charge is 0.192 e. The lowest BCUT2D eigenvalue weighted by Crippen LogP contribution is -2.44. The van der Waals surface area contributed by atoms with Crippen LogP contribution in [0.4, 0.5) is 0 Å². The predicted octanol–water partition coefficient (Wildman–Crippen LogP) is 9.88. The molecule has 37 heavy (non-hydrogen) atoms. The lowest BCUT2D eigenvalue weighted by Gasteiger charge is -2.54. The summed E-state index contributed by atoms with van der Waals surface area (Å²) in [5, 5.41) is 19.7. The van der Waals surface area contributed by atoms with Crippen LogP contribution >= 0.6 is 15.9 Å². The third kappa shape index (κ3) is 6.15. The average molecular weight is 560 g/mol. The SMILES string of the molecule is CCCCCc1ccc(CCc2ccc(C34CCC(CCCCC)(CC3)CC4)c(Br)c2)c(C#N)c1C#N. The van der Waals surface area contributed by atoms with Crippen molar-refractivity contribution in [3.63, 3.8) is 0 Å². The molecule has 0 saturated heterocycles. The van der Waals surface area contributed by atoms with Crippen LogP contribution in [0.1, 0.15) is 131 Å². The van der Waals surface area contributed by atoms with Crippen LogP contribution in [-0.2, 0) is 24.7 Å². The summed E-state index contributed by atoms with van der Waals surface area (Å²) in [6, 6.07) is 15.9. The zero-order chi connectivity index (χ0) is 26.3. The third-order valence-corrected chi connectivity index (χ3v) is 10.3. The van der Waals surface area contributed by atoms with Crippen LogP contribution in [0.3, 0.4) is 0 Å². The molecule has 0 spiro atoms. The molecule has 3 saturated carbocycles. The molecule has 0 amide bonds. The van der Waals surface area contributed by atoms with Crippen LogP contribution < -0.4 is 0 Å². The highest BCUT2D eigenvalue weighted by atomic mass is 79.9. The zero-order valence-corrected chi connectivity index (χ0v) is 24.6. The summed E-state index contributed by atoms with van der Waals surface area (Å²) in [7, 11) is 0. The van der Waals surface area contributed by atoms with Crippen molar-refractivity contribution in [1.29, 1.82) is 10.5 Å². The maximum absolute atomic E-state index is 9.88. The lowest BCUT2D eigenvalue weighted by atomic mass is 9.51. The van der Waals surface area contributed by atoms with Crippen molar-refractivity contribution in [2.45, 2.75) is 122 Å². The fraction of sp³-hybridized carbons (Fsp3) is 0.588. The number of unbranched alkanes of at least 4 members (excludes halogenated alkanes) is 4. The van der Waals surface area contributed by atoms with Crippen molar-refractivity contribution < 1.29 is 0 Å². The summed E-state index contributed by atoms with van der Waals surface area (Å²) < 4.78 is 1.26. The number of benzene rings is 2. The van der Waals surface area contributed by atoms with Crippen LogP contribution in [0.15, 0.2) is 34.8 Å². The van der Waals surface area contributed by atoms with Gasteiger partial charge in [0, 0.05) is 4.47 Å². The molecule has 0 aliphatic heterocycles. The second-order valence-corrected chi connectivity index (χ2v) is 12.7. The van der Waals surface area contributed by atoms with E-state index in [-0.39, 0.29) is 0 Å². The van der Waals surface area contributed by atoms with Crippen molar-refractivity contribution >= 4 is 15.9 Å². The summed E-state index contributed by atoms with van der Waals surface area (Å²) in [6.07, 6.45) is 19.7.